The van der Waals surface area contributed by atoms with Crippen LogP contribution in [0.4, 0.5) is 11.4 Å². The van der Waals surface area contributed by atoms with Gasteiger partial charge in [0.15, 0.2) is 0 Å². The van der Waals surface area contributed by atoms with E-state index in [9.17, 15) is 9.59 Å². The van der Waals surface area contributed by atoms with E-state index in [1.807, 2.05) is 56.3 Å². The van der Waals surface area contributed by atoms with Crippen molar-refractivity contribution in [1.82, 2.24) is 0 Å². The number of hydrogen-bond acceptors (Lipinski definition) is 3. The van der Waals surface area contributed by atoms with Crippen molar-refractivity contribution in [3.8, 4) is 5.75 Å². The van der Waals surface area contributed by atoms with Gasteiger partial charge in [-0.1, -0.05) is 18.2 Å². The first kappa shape index (κ1) is 17.0. The van der Waals surface area contributed by atoms with Gasteiger partial charge in [-0.25, -0.2) is 0 Å². The maximum atomic E-state index is 12.3. The van der Waals surface area contributed by atoms with Crippen molar-refractivity contribution in [3.05, 3.63) is 53.6 Å². The highest BCUT2D eigenvalue weighted by atomic mass is 16.5. The number of hydrogen-bond donors (Lipinski definition) is 2. The van der Waals surface area contributed by atoms with E-state index >= 15 is 0 Å². The molecule has 1 aliphatic rings. The van der Waals surface area contributed by atoms with Crippen LogP contribution in [-0.4, -0.2) is 18.9 Å². The van der Waals surface area contributed by atoms with E-state index < -0.39 is 5.41 Å². The maximum Gasteiger partial charge on any atom is 0.234 e. The average molecular weight is 338 g/mol. The number of carbonyl (C=O) groups excluding carboxylic acids is 2. The summed E-state index contributed by atoms with van der Waals surface area (Å²) in [6, 6.07) is 13.2. The van der Waals surface area contributed by atoms with Crippen LogP contribution in [0.25, 0.3) is 0 Å². The Balaban J connectivity index is 1.66. The first-order valence-electron chi connectivity index (χ1n) is 8.29. The van der Waals surface area contributed by atoms with E-state index in [0.29, 0.717) is 18.5 Å². The van der Waals surface area contributed by atoms with Crippen LogP contribution in [-0.2, 0) is 21.4 Å². The summed E-state index contributed by atoms with van der Waals surface area (Å²) in [4.78, 5) is 24.3. The number of aryl methyl sites for hydroxylation is 1. The molecule has 0 fully saturated rings. The molecule has 0 atom stereocenters. The van der Waals surface area contributed by atoms with E-state index in [1.54, 1.807) is 7.11 Å². The Hall–Kier alpha value is -2.82. The van der Waals surface area contributed by atoms with Gasteiger partial charge in [0.05, 0.1) is 12.5 Å². The number of amides is 2. The molecule has 0 aliphatic carbocycles. The zero-order valence-electron chi connectivity index (χ0n) is 14.7. The molecule has 3 rings (SSSR count). The summed E-state index contributed by atoms with van der Waals surface area (Å²) in [5.41, 5.74) is 2.83. The third-order valence-electron chi connectivity index (χ3n) is 4.61. The van der Waals surface area contributed by atoms with E-state index in [1.165, 1.54) is 0 Å². The van der Waals surface area contributed by atoms with E-state index in [0.717, 1.165) is 22.6 Å². The van der Waals surface area contributed by atoms with Gasteiger partial charge in [0.2, 0.25) is 11.8 Å². The minimum atomic E-state index is -0.590. The normalized spacial score (nSPS) is 14.6. The van der Waals surface area contributed by atoms with Crippen LogP contribution in [0, 0.1) is 0 Å². The summed E-state index contributed by atoms with van der Waals surface area (Å²) in [5, 5.41) is 5.78. The number of methoxy groups -OCH3 is 1. The quantitative estimate of drug-likeness (QED) is 0.877. The summed E-state index contributed by atoms with van der Waals surface area (Å²) < 4.78 is 5.31. The molecule has 5 heteroatoms. The van der Waals surface area contributed by atoms with Crippen LogP contribution < -0.4 is 15.4 Å². The van der Waals surface area contributed by atoms with Gasteiger partial charge < -0.3 is 15.4 Å². The molecule has 2 amide bonds. The van der Waals surface area contributed by atoms with Gasteiger partial charge in [-0.05, 0) is 55.7 Å². The van der Waals surface area contributed by atoms with Gasteiger partial charge >= 0.3 is 0 Å². The number of fused-ring (bicyclic) bond motifs is 1. The number of benzene rings is 2. The highest BCUT2D eigenvalue weighted by Crippen LogP contribution is 2.38. The fourth-order valence-electron chi connectivity index (χ4n) is 3.03. The first-order valence-corrected chi connectivity index (χ1v) is 8.29. The zero-order chi connectivity index (χ0) is 18.0. The molecular formula is C20H22N2O3. The van der Waals surface area contributed by atoms with E-state index in [2.05, 4.69) is 10.6 Å². The molecular weight excluding hydrogens is 316 g/mol. The summed E-state index contributed by atoms with van der Waals surface area (Å²) in [5.74, 6) is 0.697. The number of anilines is 2. The maximum absolute atomic E-state index is 12.3. The second kappa shape index (κ2) is 6.59. The molecule has 1 heterocycles. The molecule has 0 saturated heterocycles. The van der Waals surface area contributed by atoms with Crippen molar-refractivity contribution in [1.29, 1.82) is 0 Å². The van der Waals surface area contributed by atoms with Crippen molar-refractivity contribution < 1.29 is 14.3 Å². The third-order valence-corrected chi connectivity index (χ3v) is 4.61. The minimum Gasteiger partial charge on any atom is -0.496 e. The molecule has 2 aromatic rings. The predicted molar refractivity (Wildman–Crippen MR) is 98.0 cm³/mol. The zero-order valence-corrected chi connectivity index (χ0v) is 14.7. The molecule has 2 N–H and O–H groups in total. The lowest BCUT2D eigenvalue weighted by atomic mass is 9.86. The van der Waals surface area contributed by atoms with Gasteiger partial charge in [-0.15, -0.1) is 0 Å². The monoisotopic (exact) mass is 338 g/mol. The van der Waals surface area contributed by atoms with E-state index in [4.69, 9.17) is 4.74 Å². The Morgan fingerprint density at radius 3 is 2.72 bits per heavy atom. The Bertz CT molecular complexity index is 827. The lowest BCUT2D eigenvalue weighted by Crippen LogP contribution is -2.26. The summed E-state index contributed by atoms with van der Waals surface area (Å²) in [6.45, 7) is 3.75. The van der Waals surface area contributed by atoms with E-state index in [-0.39, 0.29) is 11.8 Å². The topological polar surface area (TPSA) is 67.4 Å². The number of rotatable bonds is 5. The molecule has 0 aromatic heterocycles. The van der Waals surface area contributed by atoms with Gasteiger partial charge in [-0.2, -0.15) is 0 Å². The lowest BCUT2D eigenvalue weighted by Gasteiger charge is -2.16. The average Bonchev–Trinajstić information content (AvgIpc) is 2.83. The second-order valence-electron chi connectivity index (χ2n) is 6.70. The van der Waals surface area contributed by atoms with Crippen LogP contribution in [0.5, 0.6) is 5.75 Å². The van der Waals surface area contributed by atoms with Gasteiger partial charge in [0, 0.05) is 17.8 Å². The van der Waals surface area contributed by atoms with Crippen LogP contribution in [0.15, 0.2) is 42.5 Å². The molecule has 0 radical (unpaired) electrons. The Kier molecular flexibility index (Phi) is 4.49. The fraction of sp³-hybridized carbons (Fsp3) is 0.300. The molecule has 0 unspecified atom stereocenters. The van der Waals surface area contributed by atoms with Crippen molar-refractivity contribution in [2.75, 3.05) is 17.7 Å². The minimum absolute atomic E-state index is 0.0258. The smallest absolute Gasteiger partial charge is 0.234 e. The van der Waals surface area contributed by atoms with Crippen LogP contribution >= 0.6 is 0 Å². The summed E-state index contributed by atoms with van der Waals surface area (Å²) >= 11 is 0. The third kappa shape index (κ3) is 3.36. The van der Waals surface area contributed by atoms with Crippen molar-refractivity contribution in [2.24, 2.45) is 0 Å². The molecule has 0 bridgehead atoms. The summed E-state index contributed by atoms with van der Waals surface area (Å²) in [7, 11) is 1.63. The SMILES string of the molecule is COc1ccccc1CCC(=O)Nc1ccc2c(c1)C(C)(C)C(=O)N2. The van der Waals surface area contributed by atoms with Crippen molar-refractivity contribution >= 4 is 23.2 Å². The lowest BCUT2D eigenvalue weighted by molar-refractivity contribution is -0.119. The largest absolute Gasteiger partial charge is 0.496 e. The van der Waals surface area contributed by atoms with Crippen LogP contribution in [0.1, 0.15) is 31.4 Å². The molecule has 0 spiro atoms. The Labute approximate surface area is 147 Å². The standard InChI is InChI=1S/C20H22N2O3/c1-20(2)15-12-14(9-10-16(15)22-19(20)24)21-18(23)11-8-13-6-4-5-7-17(13)25-3/h4-7,9-10,12H,8,11H2,1-3H3,(H,21,23)(H,22,24). The summed E-state index contributed by atoms with van der Waals surface area (Å²) in [6.07, 6.45) is 0.963. The van der Waals surface area contributed by atoms with Crippen LogP contribution in [0.2, 0.25) is 0 Å². The van der Waals surface area contributed by atoms with Gasteiger partial charge in [0.1, 0.15) is 5.75 Å². The molecule has 5 nitrogen and oxygen atoms in total. The second-order valence-corrected chi connectivity index (χ2v) is 6.70. The molecule has 130 valence electrons. The van der Waals surface area contributed by atoms with Gasteiger partial charge in [0.25, 0.3) is 0 Å². The number of carbonyl (C=O) groups is 2. The first-order chi connectivity index (χ1) is 11.9. The number of nitrogens with one attached hydrogen (secondary N) is 2. The number of para-hydroxylation sites is 1. The fourth-order valence-corrected chi connectivity index (χ4v) is 3.03. The van der Waals surface area contributed by atoms with Crippen LogP contribution in [0.3, 0.4) is 0 Å². The molecule has 2 aromatic carbocycles. The molecule has 1 aliphatic heterocycles. The number of ether oxygens (including phenoxy) is 1. The van der Waals surface area contributed by atoms with Gasteiger partial charge in [-0.3, -0.25) is 9.59 Å². The van der Waals surface area contributed by atoms with Crippen molar-refractivity contribution in [2.45, 2.75) is 32.1 Å². The highest BCUT2D eigenvalue weighted by molar-refractivity contribution is 6.06. The highest BCUT2D eigenvalue weighted by Gasteiger charge is 2.38. The predicted octanol–water partition coefficient (Wildman–Crippen LogP) is 3.50. The Morgan fingerprint density at radius 1 is 1.20 bits per heavy atom. The molecule has 0 saturated carbocycles. The molecule has 25 heavy (non-hydrogen) atoms. The van der Waals surface area contributed by atoms with Crippen molar-refractivity contribution in [3.63, 3.8) is 0 Å². The Morgan fingerprint density at radius 2 is 1.96 bits per heavy atom.